The van der Waals surface area contributed by atoms with Crippen molar-refractivity contribution in [3.63, 3.8) is 0 Å². The van der Waals surface area contributed by atoms with Crippen LogP contribution in [-0.4, -0.2) is 68.2 Å². The Morgan fingerprint density at radius 1 is 0.743 bits per heavy atom. The summed E-state index contributed by atoms with van der Waals surface area (Å²) in [4.78, 5) is 25.3. The summed E-state index contributed by atoms with van der Waals surface area (Å²) in [5.74, 6) is -1.97. The Morgan fingerprint density at radius 2 is 1.06 bits per heavy atom. The molecule has 1 aliphatic carbocycles. The monoisotopic (exact) mass is 528 g/mol. The van der Waals surface area contributed by atoms with Crippen molar-refractivity contribution in [1.29, 1.82) is 0 Å². The van der Waals surface area contributed by atoms with Crippen molar-refractivity contribution in [3.8, 4) is 0 Å². The molecule has 9 heteroatoms. The van der Waals surface area contributed by atoms with Gasteiger partial charge in [-0.15, -0.1) is 0 Å². The van der Waals surface area contributed by atoms with Crippen molar-refractivity contribution in [2.75, 3.05) is 27.4 Å². The topological polar surface area (TPSA) is 80.3 Å². The predicted molar refractivity (Wildman–Crippen MR) is 142 cm³/mol. The molecule has 0 aromatic heterocycles. The predicted octanol–water partition coefficient (Wildman–Crippen LogP) is 5.47. The first-order valence-electron chi connectivity index (χ1n) is 12.7. The molecule has 2 aliphatic rings. The summed E-state index contributed by atoms with van der Waals surface area (Å²) in [7, 11) is -1.28. The maximum Gasteiger partial charge on any atom is 0.309 e. The summed E-state index contributed by atoms with van der Waals surface area (Å²) in [5, 5.41) is 0.148. The fourth-order valence-corrected chi connectivity index (χ4v) is 6.14. The van der Waals surface area contributed by atoms with E-state index in [9.17, 15) is 9.59 Å². The minimum absolute atomic E-state index is 0.0742. The molecule has 1 heterocycles. The van der Waals surface area contributed by atoms with Gasteiger partial charge in [0, 0.05) is 0 Å². The number of esters is 2. The molecule has 4 atom stereocenters. The summed E-state index contributed by atoms with van der Waals surface area (Å²) < 4.78 is 29.7. The molecule has 0 saturated carbocycles. The summed E-state index contributed by atoms with van der Waals surface area (Å²) in [6.07, 6.45) is 0.282. The first-order chi connectivity index (χ1) is 15.9. The zero-order valence-corrected chi connectivity index (χ0v) is 26.0. The van der Waals surface area contributed by atoms with Crippen LogP contribution < -0.4 is 0 Å². The van der Waals surface area contributed by atoms with Gasteiger partial charge in [0.05, 0.1) is 39.3 Å². The van der Waals surface area contributed by atoms with Crippen molar-refractivity contribution < 1.29 is 32.7 Å². The van der Waals surface area contributed by atoms with E-state index in [1.54, 1.807) is 0 Å². The van der Waals surface area contributed by atoms with Crippen LogP contribution in [0, 0.1) is 11.8 Å². The quantitative estimate of drug-likeness (QED) is 0.235. The van der Waals surface area contributed by atoms with Gasteiger partial charge in [-0.05, 0) is 60.3 Å². The average molecular weight is 529 g/mol. The standard InChI is InChI=1S/C26H48O7Si2/c1-25(2,3)34(9,10)31-15-21-17-13-19(23(27)29-7)20(24(28)30-8)14-18(17)22(33-21)16-32-35(11,12)26(4,5)6/h19-22H,13-16H2,1-12H3/t19-,20+,21-,22+. The van der Waals surface area contributed by atoms with Gasteiger partial charge in [0.15, 0.2) is 16.6 Å². The first-order valence-corrected chi connectivity index (χ1v) is 18.5. The average Bonchev–Trinajstić information content (AvgIpc) is 3.09. The molecule has 1 aliphatic heterocycles. The minimum atomic E-state index is -2.00. The Kier molecular flexibility index (Phi) is 9.30. The van der Waals surface area contributed by atoms with Crippen LogP contribution in [0.5, 0.6) is 0 Å². The van der Waals surface area contributed by atoms with Crippen molar-refractivity contribution in [2.45, 2.75) is 103 Å². The number of carbonyl (C=O) groups excluding carboxylic acids is 2. The Bertz CT molecular complexity index is 755. The number of rotatable bonds is 8. The van der Waals surface area contributed by atoms with Gasteiger partial charge in [-0.3, -0.25) is 9.59 Å². The van der Waals surface area contributed by atoms with Crippen LogP contribution >= 0.6 is 0 Å². The second-order valence-corrected chi connectivity index (χ2v) is 22.6. The molecule has 0 amide bonds. The SMILES string of the molecule is COC(=O)[C@H]1CC2=C(C[C@H]1C(=O)OC)[C@@H](CO[Si](C)(C)C(C)(C)C)O[C@H]2CO[Si](C)(C)C(C)(C)C. The zero-order chi connectivity index (χ0) is 27.0. The van der Waals surface area contributed by atoms with Gasteiger partial charge in [-0.1, -0.05) is 41.5 Å². The molecular weight excluding hydrogens is 480 g/mol. The van der Waals surface area contributed by atoms with Gasteiger partial charge < -0.3 is 23.1 Å². The first kappa shape index (κ1) is 30.2. The van der Waals surface area contributed by atoms with E-state index in [-0.39, 0.29) is 22.3 Å². The maximum atomic E-state index is 12.7. The molecule has 0 bridgehead atoms. The van der Waals surface area contributed by atoms with Gasteiger partial charge >= 0.3 is 11.9 Å². The van der Waals surface area contributed by atoms with E-state index < -0.39 is 40.4 Å². The normalized spacial score (nSPS) is 25.9. The van der Waals surface area contributed by atoms with Crippen LogP contribution in [0.3, 0.4) is 0 Å². The summed E-state index contributed by atoms with van der Waals surface area (Å²) in [6, 6.07) is 0. The molecule has 0 radical (unpaired) electrons. The number of hydrogen-bond acceptors (Lipinski definition) is 7. The highest BCUT2D eigenvalue weighted by Crippen LogP contribution is 2.46. The molecule has 202 valence electrons. The van der Waals surface area contributed by atoms with Crippen LogP contribution in [0.15, 0.2) is 11.1 Å². The summed E-state index contributed by atoms with van der Waals surface area (Å²) >= 11 is 0. The van der Waals surface area contributed by atoms with Gasteiger partial charge in [0.1, 0.15) is 12.2 Å². The maximum absolute atomic E-state index is 12.7. The van der Waals surface area contributed by atoms with E-state index in [2.05, 4.69) is 67.7 Å². The number of ether oxygens (including phenoxy) is 3. The summed E-state index contributed by atoms with van der Waals surface area (Å²) in [6.45, 7) is 23.0. The van der Waals surface area contributed by atoms with E-state index in [0.717, 1.165) is 11.1 Å². The van der Waals surface area contributed by atoms with Gasteiger partial charge in [0.25, 0.3) is 0 Å². The van der Waals surface area contributed by atoms with Crippen molar-refractivity contribution in [3.05, 3.63) is 11.1 Å². The fraction of sp³-hybridized carbons (Fsp3) is 0.846. The fourth-order valence-electron chi connectivity index (χ4n) is 4.14. The molecule has 0 saturated heterocycles. The molecule has 0 aromatic rings. The highest BCUT2D eigenvalue weighted by molar-refractivity contribution is 6.74. The van der Waals surface area contributed by atoms with Gasteiger partial charge in [0.2, 0.25) is 0 Å². The third-order valence-corrected chi connectivity index (χ3v) is 17.7. The molecule has 35 heavy (non-hydrogen) atoms. The number of hydrogen-bond donors (Lipinski definition) is 0. The number of methoxy groups -OCH3 is 2. The van der Waals surface area contributed by atoms with E-state index in [4.69, 9.17) is 23.1 Å². The van der Waals surface area contributed by atoms with E-state index in [1.165, 1.54) is 14.2 Å². The van der Waals surface area contributed by atoms with Crippen LogP contribution in [0.25, 0.3) is 0 Å². The molecule has 0 unspecified atom stereocenters. The highest BCUT2D eigenvalue weighted by Gasteiger charge is 2.49. The lowest BCUT2D eigenvalue weighted by atomic mass is 9.74. The van der Waals surface area contributed by atoms with Gasteiger partial charge in [-0.2, -0.15) is 0 Å². The van der Waals surface area contributed by atoms with E-state index in [0.29, 0.717) is 26.1 Å². The second kappa shape index (κ2) is 10.8. The third-order valence-electron chi connectivity index (χ3n) is 8.70. The van der Waals surface area contributed by atoms with Crippen LogP contribution in [0.4, 0.5) is 0 Å². The van der Waals surface area contributed by atoms with Crippen molar-refractivity contribution >= 4 is 28.6 Å². The highest BCUT2D eigenvalue weighted by atomic mass is 28.4. The largest absolute Gasteiger partial charge is 0.469 e. The Morgan fingerprint density at radius 3 is 1.31 bits per heavy atom. The van der Waals surface area contributed by atoms with E-state index in [1.807, 2.05) is 0 Å². The van der Waals surface area contributed by atoms with Gasteiger partial charge in [-0.25, -0.2) is 0 Å². The second-order valence-electron chi connectivity index (χ2n) is 13.0. The smallest absolute Gasteiger partial charge is 0.309 e. The molecule has 0 N–H and O–H groups in total. The molecule has 2 rings (SSSR count). The lowest BCUT2D eigenvalue weighted by Gasteiger charge is -2.37. The third kappa shape index (κ3) is 6.66. The van der Waals surface area contributed by atoms with Crippen molar-refractivity contribution in [1.82, 2.24) is 0 Å². The Balaban J connectivity index is 2.37. The number of carbonyl (C=O) groups is 2. The molecular formula is C26H48O7Si2. The minimum Gasteiger partial charge on any atom is -0.469 e. The molecule has 0 fully saturated rings. The molecule has 0 spiro atoms. The lowest BCUT2D eigenvalue weighted by Crippen LogP contribution is -2.44. The summed E-state index contributed by atoms with van der Waals surface area (Å²) in [5.41, 5.74) is 2.12. The Labute approximate surface area is 214 Å². The van der Waals surface area contributed by atoms with Crippen LogP contribution in [0.1, 0.15) is 54.4 Å². The Hall–Kier alpha value is -1.01. The van der Waals surface area contributed by atoms with Crippen LogP contribution in [0.2, 0.25) is 36.3 Å². The molecule has 7 nitrogen and oxygen atoms in total. The van der Waals surface area contributed by atoms with E-state index >= 15 is 0 Å². The lowest BCUT2D eigenvalue weighted by molar-refractivity contribution is -0.158. The molecule has 0 aromatic carbocycles. The van der Waals surface area contributed by atoms with Crippen LogP contribution in [-0.2, 0) is 32.7 Å². The zero-order valence-electron chi connectivity index (χ0n) is 24.0. The van der Waals surface area contributed by atoms with Crippen molar-refractivity contribution in [2.24, 2.45) is 11.8 Å².